The van der Waals surface area contributed by atoms with E-state index in [4.69, 9.17) is 9.66 Å². The van der Waals surface area contributed by atoms with Gasteiger partial charge in [-0.2, -0.15) is 8.42 Å². The summed E-state index contributed by atoms with van der Waals surface area (Å²) in [6, 6.07) is 0. The molecule has 0 aliphatic rings. The highest BCUT2D eigenvalue weighted by Crippen LogP contribution is 2.11. The van der Waals surface area contributed by atoms with Crippen molar-refractivity contribution in [1.82, 2.24) is 0 Å². The summed E-state index contributed by atoms with van der Waals surface area (Å²) in [5.41, 5.74) is 0. The molecule has 0 radical (unpaired) electrons. The number of aliphatic hydroxyl groups is 1. The Morgan fingerprint density at radius 1 is 1.64 bits per heavy atom. The van der Waals surface area contributed by atoms with Gasteiger partial charge in [0.2, 0.25) is 0 Å². The Kier molecular flexibility index (Phi) is 3.54. The molecule has 1 atom stereocenters. The van der Waals surface area contributed by atoms with E-state index in [2.05, 4.69) is 0 Å². The van der Waals surface area contributed by atoms with Crippen molar-refractivity contribution < 1.29 is 18.1 Å². The predicted molar refractivity (Wildman–Crippen MR) is 42.0 cm³/mol. The van der Waals surface area contributed by atoms with E-state index in [9.17, 15) is 8.42 Å². The summed E-state index contributed by atoms with van der Waals surface area (Å²) in [6.45, 7) is 3.07. The van der Waals surface area contributed by atoms with Crippen LogP contribution in [0.2, 0.25) is 0 Å². The Balaban J connectivity index is 4.71. The van der Waals surface area contributed by atoms with E-state index in [1.165, 1.54) is 13.0 Å². The van der Waals surface area contributed by atoms with Crippen molar-refractivity contribution in [1.29, 1.82) is 0 Å². The fourth-order valence-corrected chi connectivity index (χ4v) is 1.62. The zero-order valence-corrected chi connectivity index (χ0v) is 7.30. The first-order chi connectivity index (χ1) is 4.93. The maximum Gasteiger partial charge on any atom is 0.275 e. The molecule has 4 nitrogen and oxygen atoms in total. The van der Waals surface area contributed by atoms with Gasteiger partial charge in [0, 0.05) is 0 Å². The third-order valence-electron chi connectivity index (χ3n) is 1.36. The topological polar surface area (TPSA) is 74.6 Å². The largest absolute Gasteiger partial charge is 0.511 e. The molecule has 0 aliphatic heterocycles. The maximum absolute atomic E-state index is 10.5. The highest BCUT2D eigenvalue weighted by molar-refractivity contribution is 7.86. The van der Waals surface area contributed by atoms with Crippen LogP contribution in [-0.4, -0.2) is 23.3 Å². The van der Waals surface area contributed by atoms with Crippen LogP contribution in [0.3, 0.4) is 0 Å². The Labute approximate surface area is 66.3 Å². The Morgan fingerprint density at radius 2 is 2.09 bits per heavy atom. The van der Waals surface area contributed by atoms with Crippen LogP contribution in [0.4, 0.5) is 0 Å². The molecule has 0 saturated heterocycles. The highest BCUT2D eigenvalue weighted by atomic mass is 32.2. The van der Waals surface area contributed by atoms with Gasteiger partial charge in [0.25, 0.3) is 10.1 Å². The minimum Gasteiger partial charge on any atom is -0.511 e. The smallest absolute Gasteiger partial charge is 0.275 e. The first-order valence-electron chi connectivity index (χ1n) is 3.25. The van der Waals surface area contributed by atoms with E-state index in [1.807, 2.05) is 0 Å². The molecule has 0 saturated carbocycles. The third kappa shape index (κ3) is 2.90. The minimum absolute atomic E-state index is 0.162. The SMILES string of the molecule is C/C=C(\O)C(CC)S(=O)(=O)O. The molecule has 0 aromatic rings. The molecular formula is C6H12O4S. The Morgan fingerprint density at radius 3 is 2.18 bits per heavy atom. The first-order valence-corrected chi connectivity index (χ1v) is 4.75. The summed E-state index contributed by atoms with van der Waals surface area (Å²) < 4.78 is 29.6. The Hall–Kier alpha value is -0.550. The summed E-state index contributed by atoms with van der Waals surface area (Å²) in [4.78, 5) is 0. The molecular weight excluding hydrogens is 168 g/mol. The van der Waals surface area contributed by atoms with Crippen molar-refractivity contribution in [3.8, 4) is 0 Å². The van der Waals surface area contributed by atoms with Gasteiger partial charge in [-0.1, -0.05) is 6.92 Å². The van der Waals surface area contributed by atoms with Gasteiger partial charge in [0.1, 0.15) is 11.0 Å². The zero-order chi connectivity index (χ0) is 9.07. The molecule has 66 valence electrons. The van der Waals surface area contributed by atoms with Crippen molar-refractivity contribution in [3.05, 3.63) is 11.8 Å². The quantitative estimate of drug-likeness (QED) is 0.504. The number of rotatable bonds is 3. The molecule has 0 spiro atoms. The molecule has 1 unspecified atom stereocenters. The van der Waals surface area contributed by atoms with Crippen LogP contribution in [0.25, 0.3) is 0 Å². The fourth-order valence-electron chi connectivity index (χ4n) is 0.758. The van der Waals surface area contributed by atoms with Gasteiger partial charge in [-0.3, -0.25) is 4.55 Å². The van der Waals surface area contributed by atoms with E-state index in [1.54, 1.807) is 6.92 Å². The normalized spacial score (nSPS) is 16.5. The number of aliphatic hydroxyl groups excluding tert-OH is 1. The van der Waals surface area contributed by atoms with Gasteiger partial charge in [0.15, 0.2) is 0 Å². The van der Waals surface area contributed by atoms with Gasteiger partial charge >= 0.3 is 0 Å². The van der Waals surface area contributed by atoms with E-state index in [-0.39, 0.29) is 12.2 Å². The lowest BCUT2D eigenvalue weighted by molar-refractivity contribution is 0.372. The standard InChI is InChI=1S/C6H12O4S/c1-3-5(7)6(4-2)11(8,9)10/h3,6-7H,4H2,1-2H3,(H,8,9,10)/b5-3-. The predicted octanol–water partition coefficient (Wildman–Crippen LogP) is 1.11. The van der Waals surface area contributed by atoms with Crippen molar-refractivity contribution in [2.45, 2.75) is 25.5 Å². The summed E-state index contributed by atoms with van der Waals surface area (Å²) in [7, 11) is -4.14. The summed E-state index contributed by atoms with van der Waals surface area (Å²) in [5, 5.41) is 7.80. The lowest BCUT2D eigenvalue weighted by Crippen LogP contribution is -2.21. The van der Waals surface area contributed by atoms with Crippen LogP contribution < -0.4 is 0 Å². The molecule has 2 N–H and O–H groups in total. The van der Waals surface area contributed by atoms with Gasteiger partial charge in [0.05, 0.1) is 0 Å². The highest BCUT2D eigenvalue weighted by Gasteiger charge is 2.24. The molecule has 0 bridgehead atoms. The zero-order valence-electron chi connectivity index (χ0n) is 6.48. The molecule has 5 heteroatoms. The maximum atomic E-state index is 10.5. The van der Waals surface area contributed by atoms with Crippen molar-refractivity contribution >= 4 is 10.1 Å². The first kappa shape index (κ1) is 10.4. The monoisotopic (exact) mass is 180 g/mol. The summed E-state index contributed by atoms with van der Waals surface area (Å²) in [6.07, 6.45) is 1.41. The Bertz CT molecular complexity index is 239. The van der Waals surface area contributed by atoms with Crippen LogP contribution in [0.15, 0.2) is 11.8 Å². The van der Waals surface area contributed by atoms with Crippen LogP contribution in [-0.2, 0) is 10.1 Å². The molecule has 11 heavy (non-hydrogen) atoms. The van der Waals surface area contributed by atoms with E-state index in [0.717, 1.165) is 0 Å². The van der Waals surface area contributed by atoms with Gasteiger partial charge in [-0.25, -0.2) is 0 Å². The third-order valence-corrected chi connectivity index (χ3v) is 2.65. The van der Waals surface area contributed by atoms with Crippen molar-refractivity contribution in [2.75, 3.05) is 0 Å². The van der Waals surface area contributed by atoms with Crippen LogP contribution in [0.5, 0.6) is 0 Å². The summed E-state index contributed by atoms with van der Waals surface area (Å²) in [5.74, 6) is -0.310. The lowest BCUT2D eigenvalue weighted by Gasteiger charge is -2.09. The number of hydrogen-bond donors (Lipinski definition) is 2. The molecule has 0 aromatic heterocycles. The van der Waals surface area contributed by atoms with Crippen molar-refractivity contribution in [2.24, 2.45) is 0 Å². The molecule has 0 aliphatic carbocycles. The second-order valence-electron chi connectivity index (χ2n) is 2.13. The molecule has 0 rings (SSSR count). The van der Waals surface area contributed by atoms with E-state index in [0.29, 0.717) is 0 Å². The van der Waals surface area contributed by atoms with Gasteiger partial charge in [-0.05, 0) is 19.4 Å². The molecule has 0 heterocycles. The van der Waals surface area contributed by atoms with E-state index < -0.39 is 15.4 Å². The number of allylic oxidation sites excluding steroid dienone is 1. The molecule has 0 fully saturated rings. The average molecular weight is 180 g/mol. The number of hydrogen-bond acceptors (Lipinski definition) is 3. The van der Waals surface area contributed by atoms with Crippen LogP contribution in [0, 0.1) is 0 Å². The second-order valence-corrected chi connectivity index (χ2v) is 3.72. The van der Waals surface area contributed by atoms with Crippen LogP contribution >= 0.6 is 0 Å². The second kappa shape index (κ2) is 3.73. The van der Waals surface area contributed by atoms with Gasteiger partial charge in [-0.15, -0.1) is 0 Å². The van der Waals surface area contributed by atoms with Gasteiger partial charge < -0.3 is 5.11 Å². The fraction of sp³-hybridized carbons (Fsp3) is 0.667. The summed E-state index contributed by atoms with van der Waals surface area (Å²) >= 11 is 0. The van der Waals surface area contributed by atoms with Crippen LogP contribution in [0.1, 0.15) is 20.3 Å². The lowest BCUT2D eigenvalue weighted by atomic mass is 10.3. The van der Waals surface area contributed by atoms with E-state index >= 15 is 0 Å². The minimum atomic E-state index is -4.14. The molecule has 0 aromatic carbocycles. The average Bonchev–Trinajstić information content (AvgIpc) is 1.86. The van der Waals surface area contributed by atoms with Crippen molar-refractivity contribution in [3.63, 3.8) is 0 Å². The molecule has 0 amide bonds.